The number of aromatic amines is 1. The van der Waals surface area contributed by atoms with Crippen molar-refractivity contribution in [3.05, 3.63) is 113 Å². The summed E-state index contributed by atoms with van der Waals surface area (Å²) in [5, 5.41) is 21.4. The molecule has 2 aromatic heterocycles. The molecule has 20 heteroatoms. The number of anilines is 2. The maximum atomic E-state index is 13.7. The number of carbonyl (C=O) groups is 5. The molecule has 0 aliphatic carbocycles. The van der Waals surface area contributed by atoms with Crippen molar-refractivity contribution in [2.24, 2.45) is 0 Å². The lowest BCUT2D eigenvalue weighted by Gasteiger charge is -2.41. The zero-order valence-electron chi connectivity index (χ0n) is 42.6. The highest BCUT2D eigenvalue weighted by molar-refractivity contribution is 6.05. The molecule has 2 saturated heterocycles. The Labute approximate surface area is 431 Å². The minimum atomic E-state index is -0.750. The van der Waals surface area contributed by atoms with Gasteiger partial charge in [-0.3, -0.25) is 24.5 Å². The SMILES string of the molecule is C[C@@H](NC(=O)c1cccc(NC2(c3nnc(-c4ccncn4)[nH]3)CCN(C(=O)OC(C)(C)C)CC2)c1)c1cccc(OCCCCCCOCCOCCNc2ccc3c(c2)CN(C2CCC(=O)NC2=O)C3=O)c1. The smallest absolute Gasteiger partial charge is 0.410 e. The predicted molar refractivity (Wildman–Crippen MR) is 275 cm³/mol. The standard InChI is InChI=1S/C54H67N11O9/c1-36(58-48(67)38-12-9-13-41(31-38)61-54(20-24-64(25-21-54)52(70)74-53(2,3)4)51-60-47(62-63-51)44-19-22-55-35-57-44)37-11-10-14-42(33-37)73-27-8-6-5-7-26-71-29-30-72-28-23-56-40-15-16-43-39(32-40)34-65(50(43)69)45-17-18-46(66)59-49(45)68/h9-16,19,22,31-33,35-36,45,56,61H,5-8,17-18,20-21,23-30,34H2,1-4H3,(H,58,67)(H,59,66,68)(H,60,62,63)/t36-,45?/m1/s1. The van der Waals surface area contributed by atoms with Crippen LogP contribution < -0.4 is 26.0 Å². The highest BCUT2D eigenvalue weighted by atomic mass is 16.6. The molecule has 8 rings (SSSR count). The first-order valence-corrected chi connectivity index (χ1v) is 25.5. The van der Waals surface area contributed by atoms with Gasteiger partial charge in [-0.05, 0) is 132 Å². The van der Waals surface area contributed by atoms with E-state index < -0.39 is 23.1 Å². The maximum Gasteiger partial charge on any atom is 0.410 e. The Morgan fingerprint density at radius 2 is 1.65 bits per heavy atom. The van der Waals surface area contributed by atoms with E-state index in [-0.39, 0.29) is 36.3 Å². The molecule has 0 spiro atoms. The second-order valence-corrected chi connectivity index (χ2v) is 19.8. The van der Waals surface area contributed by atoms with Gasteiger partial charge in [-0.2, -0.15) is 0 Å². The van der Waals surface area contributed by atoms with E-state index in [1.54, 1.807) is 34.2 Å². The third-order valence-corrected chi connectivity index (χ3v) is 13.2. The first-order chi connectivity index (χ1) is 35.7. The molecule has 20 nitrogen and oxygen atoms in total. The van der Waals surface area contributed by atoms with E-state index >= 15 is 0 Å². The zero-order valence-corrected chi connectivity index (χ0v) is 42.6. The van der Waals surface area contributed by atoms with E-state index in [0.717, 1.165) is 48.2 Å². The Bertz CT molecular complexity index is 2740. The second-order valence-electron chi connectivity index (χ2n) is 19.8. The molecule has 2 fully saturated rings. The topological polar surface area (TPSA) is 244 Å². The number of imide groups is 1. The van der Waals surface area contributed by atoms with Crippen molar-refractivity contribution in [3.63, 3.8) is 0 Å². The van der Waals surface area contributed by atoms with Crippen LogP contribution in [-0.2, 0) is 35.9 Å². The average molecular weight is 1010 g/mol. The highest BCUT2D eigenvalue weighted by Crippen LogP contribution is 2.37. The Kier molecular flexibility index (Phi) is 17.5. The van der Waals surface area contributed by atoms with Gasteiger partial charge in [0.2, 0.25) is 11.8 Å². The fourth-order valence-corrected chi connectivity index (χ4v) is 9.22. The minimum Gasteiger partial charge on any atom is -0.494 e. The van der Waals surface area contributed by atoms with Crippen molar-refractivity contribution >= 4 is 41.1 Å². The molecule has 1 unspecified atom stereocenters. The number of ether oxygens (including phenoxy) is 4. The molecule has 0 radical (unpaired) electrons. The first-order valence-electron chi connectivity index (χ1n) is 25.5. The van der Waals surface area contributed by atoms with Gasteiger partial charge in [-0.1, -0.05) is 24.6 Å². The molecule has 392 valence electrons. The molecular weight excluding hydrogens is 947 g/mol. The molecule has 5 amide bonds. The van der Waals surface area contributed by atoms with Crippen molar-refractivity contribution < 1.29 is 42.9 Å². The first kappa shape index (κ1) is 52.9. The zero-order chi connectivity index (χ0) is 52.1. The van der Waals surface area contributed by atoms with Crippen LogP contribution >= 0.6 is 0 Å². The predicted octanol–water partition coefficient (Wildman–Crippen LogP) is 6.94. The fraction of sp³-hybridized carbons (Fsp3) is 0.463. The van der Waals surface area contributed by atoms with Gasteiger partial charge in [0.1, 0.15) is 35.0 Å². The van der Waals surface area contributed by atoms with Gasteiger partial charge in [0.25, 0.3) is 11.8 Å². The van der Waals surface area contributed by atoms with E-state index in [0.29, 0.717) is 113 Å². The summed E-state index contributed by atoms with van der Waals surface area (Å²) in [6, 6.07) is 21.5. The van der Waals surface area contributed by atoms with Gasteiger partial charge < -0.3 is 49.7 Å². The molecule has 2 atom stereocenters. The number of benzene rings is 3. The number of H-pyrrole nitrogens is 1. The van der Waals surface area contributed by atoms with Gasteiger partial charge >= 0.3 is 6.09 Å². The van der Waals surface area contributed by atoms with Crippen molar-refractivity contribution in [1.82, 2.24) is 45.6 Å². The van der Waals surface area contributed by atoms with Crippen LogP contribution in [0.15, 0.2) is 85.3 Å². The van der Waals surface area contributed by atoms with Crippen LogP contribution in [0.3, 0.4) is 0 Å². The van der Waals surface area contributed by atoms with Crippen LogP contribution in [0.5, 0.6) is 5.75 Å². The number of hydrogen-bond acceptors (Lipinski definition) is 15. The van der Waals surface area contributed by atoms with E-state index in [1.165, 1.54) is 6.33 Å². The second kappa shape index (κ2) is 24.5. The van der Waals surface area contributed by atoms with Crippen molar-refractivity contribution in [3.8, 4) is 17.3 Å². The summed E-state index contributed by atoms with van der Waals surface area (Å²) in [4.78, 5) is 78.5. The number of unbranched alkanes of at least 4 members (excludes halogenated alkanes) is 3. The van der Waals surface area contributed by atoms with E-state index in [9.17, 15) is 24.0 Å². The summed E-state index contributed by atoms with van der Waals surface area (Å²) in [6.07, 6.45) is 8.14. The van der Waals surface area contributed by atoms with E-state index in [1.807, 2.05) is 82.3 Å². The molecule has 3 aliphatic heterocycles. The quantitative estimate of drug-likeness (QED) is 0.0329. The Morgan fingerprint density at radius 1 is 0.865 bits per heavy atom. The minimum absolute atomic E-state index is 0.188. The summed E-state index contributed by atoms with van der Waals surface area (Å²) >= 11 is 0. The summed E-state index contributed by atoms with van der Waals surface area (Å²) in [6.45, 7) is 12.0. The number of likely N-dealkylation sites (tertiary alicyclic amines) is 1. The molecule has 3 aliphatic rings. The van der Waals surface area contributed by atoms with Crippen LogP contribution in [0.25, 0.3) is 11.5 Å². The fourth-order valence-electron chi connectivity index (χ4n) is 9.22. The largest absolute Gasteiger partial charge is 0.494 e. The van der Waals surface area contributed by atoms with Crippen LogP contribution in [0.2, 0.25) is 0 Å². The molecule has 5 heterocycles. The molecule has 5 N–H and O–H groups in total. The van der Waals surface area contributed by atoms with Gasteiger partial charge in [0.05, 0.1) is 32.5 Å². The third kappa shape index (κ3) is 14.0. The molecule has 5 aromatic rings. The number of carbonyl (C=O) groups excluding carboxylic acids is 5. The van der Waals surface area contributed by atoms with E-state index in [2.05, 4.69) is 46.4 Å². The number of amides is 5. The van der Waals surface area contributed by atoms with Crippen LogP contribution in [0.4, 0.5) is 16.2 Å². The Morgan fingerprint density at radius 3 is 2.42 bits per heavy atom. The van der Waals surface area contributed by atoms with Gasteiger partial charge in [0.15, 0.2) is 11.6 Å². The Balaban J connectivity index is 0.711. The summed E-state index contributed by atoms with van der Waals surface area (Å²) in [7, 11) is 0. The lowest BCUT2D eigenvalue weighted by atomic mass is 9.86. The van der Waals surface area contributed by atoms with Crippen LogP contribution in [0, 0.1) is 0 Å². The lowest BCUT2D eigenvalue weighted by molar-refractivity contribution is -0.136. The normalized spacial score (nSPS) is 16.8. The maximum absolute atomic E-state index is 13.7. The number of hydrogen-bond donors (Lipinski definition) is 5. The molecule has 74 heavy (non-hydrogen) atoms. The van der Waals surface area contributed by atoms with Crippen LogP contribution in [0.1, 0.15) is 123 Å². The number of rotatable bonds is 23. The number of piperidine rings is 2. The number of aromatic nitrogens is 5. The average Bonchev–Trinajstić information content (AvgIpc) is 4.02. The summed E-state index contributed by atoms with van der Waals surface area (Å²) in [5.74, 6) is 0.693. The molecular formula is C54H67N11O9. The van der Waals surface area contributed by atoms with Crippen LogP contribution in [-0.4, -0.2) is 129 Å². The molecule has 0 saturated carbocycles. The number of fused-ring (bicyclic) bond motifs is 1. The summed E-state index contributed by atoms with van der Waals surface area (Å²) in [5.41, 5.74) is 3.65. The number of nitrogens with one attached hydrogen (secondary N) is 5. The van der Waals surface area contributed by atoms with Gasteiger partial charge in [-0.25, -0.2) is 14.8 Å². The lowest BCUT2D eigenvalue weighted by Crippen LogP contribution is -2.52. The Hall–Kier alpha value is -7.45. The van der Waals surface area contributed by atoms with Crippen molar-refractivity contribution in [2.45, 2.75) is 109 Å². The highest BCUT2D eigenvalue weighted by Gasteiger charge is 2.42. The monoisotopic (exact) mass is 1010 g/mol. The third-order valence-electron chi connectivity index (χ3n) is 13.2. The van der Waals surface area contributed by atoms with Gasteiger partial charge in [-0.15, -0.1) is 10.2 Å². The summed E-state index contributed by atoms with van der Waals surface area (Å²) < 4.78 is 23.3. The molecule has 3 aromatic carbocycles. The molecule has 0 bridgehead atoms. The van der Waals surface area contributed by atoms with E-state index in [4.69, 9.17) is 18.9 Å². The van der Waals surface area contributed by atoms with Crippen molar-refractivity contribution in [2.75, 3.05) is 63.3 Å². The van der Waals surface area contributed by atoms with Crippen molar-refractivity contribution in [1.29, 1.82) is 0 Å². The number of nitrogens with zero attached hydrogens (tertiary/aromatic N) is 6. The van der Waals surface area contributed by atoms with Gasteiger partial charge in [0, 0.05) is 67.9 Å².